The van der Waals surface area contributed by atoms with Crippen LogP contribution in [0.5, 0.6) is 5.75 Å². The van der Waals surface area contributed by atoms with Gasteiger partial charge in [-0.3, -0.25) is 0 Å². The summed E-state index contributed by atoms with van der Waals surface area (Å²) in [5.41, 5.74) is 2.14. The lowest BCUT2D eigenvalue weighted by Crippen LogP contribution is -2.23. The first-order chi connectivity index (χ1) is 14.5. The lowest BCUT2D eigenvalue weighted by molar-refractivity contribution is 0.415. The number of hydrogen-bond donors (Lipinski definition) is 1. The molecule has 0 spiro atoms. The standard InChI is InChI=1S/C21H26N4O3S2/c1-28-19-12-7-6-11-18(19)20-23-24-21(29-16-8-14-22-30(2,26)27)25(20)15-13-17-9-4-3-5-10-17/h3-7,9-12,22H,8,13-16H2,1-2H3. The van der Waals surface area contributed by atoms with Gasteiger partial charge in [0.1, 0.15) is 5.75 Å². The van der Waals surface area contributed by atoms with Crippen LogP contribution in [0.2, 0.25) is 0 Å². The van der Waals surface area contributed by atoms with Gasteiger partial charge in [-0.05, 0) is 30.5 Å². The van der Waals surface area contributed by atoms with Gasteiger partial charge in [-0.15, -0.1) is 10.2 Å². The molecule has 0 aliphatic rings. The SMILES string of the molecule is COc1ccccc1-c1nnc(SCCCNS(C)(=O)=O)n1CCc1ccccc1. The summed E-state index contributed by atoms with van der Waals surface area (Å²) in [5, 5.41) is 9.67. The van der Waals surface area contributed by atoms with Crippen LogP contribution in [0.25, 0.3) is 11.4 Å². The number of nitrogens with one attached hydrogen (secondary N) is 1. The van der Waals surface area contributed by atoms with E-state index in [-0.39, 0.29) is 0 Å². The molecule has 7 nitrogen and oxygen atoms in total. The maximum Gasteiger partial charge on any atom is 0.208 e. The van der Waals surface area contributed by atoms with Gasteiger partial charge in [0.05, 0.1) is 18.9 Å². The molecule has 0 unspecified atom stereocenters. The van der Waals surface area contributed by atoms with Gasteiger partial charge < -0.3 is 9.30 Å². The summed E-state index contributed by atoms with van der Waals surface area (Å²) in [6, 6.07) is 18.1. The van der Waals surface area contributed by atoms with E-state index in [2.05, 4.69) is 31.6 Å². The maximum absolute atomic E-state index is 11.2. The van der Waals surface area contributed by atoms with Gasteiger partial charge in [0.25, 0.3) is 0 Å². The number of para-hydroxylation sites is 1. The number of ether oxygens (including phenoxy) is 1. The average Bonchev–Trinajstić information content (AvgIpc) is 3.14. The van der Waals surface area contributed by atoms with Crippen LogP contribution >= 0.6 is 11.8 Å². The number of benzene rings is 2. The van der Waals surface area contributed by atoms with E-state index >= 15 is 0 Å². The molecule has 0 bridgehead atoms. The van der Waals surface area contributed by atoms with Gasteiger partial charge in [-0.2, -0.15) is 0 Å². The second-order valence-electron chi connectivity index (χ2n) is 6.76. The van der Waals surface area contributed by atoms with E-state index in [1.165, 1.54) is 11.8 Å². The highest BCUT2D eigenvalue weighted by Crippen LogP contribution is 2.31. The number of sulfonamides is 1. The molecule has 9 heteroatoms. The van der Waals surface area contributed by atoms with Crippen LogP contribution < -0.4 is 9.46 Å². The van der Waals surface area contributed by atoms with Crippen LogP contribution in [-0.4, -0.2) is 48.8 Å². The van der Waals surface area contributed by atoms with Gasteiger partial charge in [0, 0.05) is 18.8 Å². The minimum atomic E-state index is -3.16. The Labute approximate surface area is 181 Å². The lowest BCUT2D eigenvalue weighted by atomic mass is 10.1. The molecule has 1 N–H and O–H groups in total. The molecule has 1 aromatic heterocycles. The van der Waals surface area contributed by atoms with Crippen LogP contribution in [0, 0.1) is 0 Å². The zero-order valence-corrected chi connectivity index (χ0v) is 18.7. The van der Waals surface area contributed by atoms with Crippen LogP contribution in [0.3, 0.4) is 0 Å². The molecular formula is C21H26N4O3S2. The molecule has 0 saturated heterocycles. The molecule has 0 amide bonds. The summed E-state index contributed by atoms with van der Waals surface area (Å²) < 4.78 is 32.5. The minimum Gasteiger partial charge on any atom is -0.496 e. The highest BCUT2D eigenvalue weighted by Gasteiger charge is 2.17. The lowest BCUT2D eigenvalue weighted by Gasteiger charge is -2.12. The fourth-order valence-corrected chi connectivity index (χ4v) is 4.42. The van der Waals surface area contributed by atoms with E-state index in [1.807, 2.05) is 42.5 Å². The number of thioether (sulfide) groups is 1. The number of methoxy groups -OCH3 is 1. The summed E-state index contributed by atoms with van der Waals surface area (Å²) >= 11 is 1.58. The quantitative estimate of drug-likeness (QED) is 0.360. The molecule has 2 aromatic carbocycles. The zero-order valence-electron chi connectivity index (χ0n) is 17.1. The van der Waals surface area contributed by atoms with Gasteiger partial charge in [-0.1, -0.05) is 54.2 Å². The molecule has 3 rings (SSSR count). The molecule has 0 saturated carbocycles. The molecule has 30 heavy (non-hydrogen) atoms. The Morgan fingerprint density at radius 1 is 1.07 bits per heavy atom. The summed E-state index contributed by atoms with van der Waals surface area (Å²) in [4.78, 5) is 0. The minimum absolute atomic E-state index is 0.406. The third-order valence-electron chi connectivity index (χ3n) is 4.45. The Bertz CT molecular complexity index is 1050. The molecule has 0 atom stereocenters. The maximum atomic E-state index is 11.2. The van der Waals surface area contributed by atoms with Crippen molar-refractivity contribution in [3.05, 3.63) is 60.2 Å². The third-order valence-corrected chi connectivity index (χ3v) is 6.23. The Morgan fingerprint density at radius 2 is 1.80 bits per heavy atom. The molecule has 160 valence electrons. The molecule has 0 radical (unpaired) electrons. The molecular weight excluding hydrogens is 420 g/mol. The first-order valence-electron chi connectivity index (χ1n) is 9.66. The zero-order chi connectivity index (χ0) is 21.4. The molecule has 3 aromatic rings. The van der Waals surface area contributed by atoms with Gasteiger partial charge in [0.15, 0.2) is 11.0 Å². The largest absolute Gasteiger partial charge is 0.496 e. The van der Waals surface area contributed by atoms with E-state index in [0.717, 1.165) is 41.0 Å². The van der Waals surface area contributed by atoms with Crippen molar-refractivity contribution in [2.24, 2.45) is 0 Å². The third kappa shape index (κ3) is 6.32. The van der Waals surface area contributed by atoms with Gasteiger partial charge >= 0.3 is 0 Å². The van der Waals surface area contributed by atoms with E-state index < -0.39 is 10.0 Å². The monoisotopic (exact) mass is 446 g/mol. The second-order valence-corrected chi connectivity index (χ2v) is 9.66. The van der Waals surface area contributed by atoms with Crippen LogP contribution in [-0.2, 0) is 23.0 Å². The van der Waals surface area contributed by atoms with Crippen molar-refractivity contribution in [2.75, 3.05) is 25.7 Å². The van der Waals surface area contributed by atoms with Crippen molar-refractivity contribution in [1.29, 1.82) is 0 Å². The first kappa shape index (κ1) is 22.3. The van der Waals surface area contributed by atoms with E-state index in [9.17, 15) is 8.42 Å². The molecule has 1 heterocycles. The molecule has 0 fully saturated rings. The average molecular weight is 447 g/mol. The number of aryl methyl sites for hydroxylation is 1. The van der Waals surface area contributed by atoms with Crippen LogP contribution in [0.15, 0.2) is 59.8 Å². The van der Waals surface area contributed by atoms with E-state index in [0.29, 0.717) is 13.0 Å². The molecule has 0 aliphatic carbocycles. The summed E-state index contributed by atoms with van der Waals surface area (Å²) in [5.74, 6) is 2.25. The van der Waals surface area contributed by atoms with Crippen molar-refractivity contribution in [3.63, 3.8) is 0 Å². The summed E-state index contributed by atoms with van der Waals surface area (Å²) in [7, 11) is -1.52. The van der Waals surface area contributed by atoms with Crippen LogP contribution in [0.1, 0.15) is 12.0 Å². The molecule has 0 aliphatic heterocycles. The predicted molar refractivity (Wildman–Crippen MR) is 120 cm³/mol. The van der Waals surface area contributed by atoms with Crippen molar-refractivity contribution >= 4 is 21.8 Å². The number of rotatable bonds is 11. The Hall–Kier alpha value is -2.36. The first-order valence-corrected chi connectivity index (χ1v) is 12.5. The highest BCUT2D eigenvalue weighted by molar-refractivity contribution is 7.99. The Morgan fingerprint density at radius 3 is 2.53 bits per heavy atom. The summed E-state index contributed by atoms with van der Waals surface area (Å²) in [6.45, 7) is 1.14. The smallest absolute Gasteiger partial charge is 0.208 e. The van der Waals surface area contributed by atoms with Crippen LogP contribution in [0.4, 0.5) is 0 Å². The van der Waals surface area contributed by atoms with E-state index in [1.54, 1.807) is 18.9 Å². The number of hydrogen-bond acceptors (Lipinski definition) is 6. The Balaban J connectivity index is 1.78. The number of nitrogens with zero attached hydrogens (tertiary/aromatic N) is 3. The van der Waals surface area contributed by atoms with Crippen molar-refractivity contribution < 1.29 is 13.2 Å². The van der Waals surface area contributed by atoms with Gasteiger partial charge in [-0.25, -0.2) is 13.1 Å². The van der Waals surface area contributed by atoms with Crippen molar-refractivity contribution in [3.8, 4) is 17.1 Å². The van der Waals surface area contributed by atoms with Crippen molar-refractivity contribution in [1.82, 2.24) is 19.5 Å². The number of aromatic nitrogens is 3. The van der Waals surface area contributed by atoms with Gasteiger partial charge in [0.2, 0.25) is 10.0 Å². The highest BCUT2D eigenvalue weighted by atomic mass is 32.2. The summed E-state index contributed by atoms with van der Waals surface area (Å²) in [6.07, 6.45) is 2.72. The second kappa shape index (κ2) is 10.6. The van der Waals surface area contributed by atoms with E-state index in [4.69, 9.17) is 4.74 Å². The fourth-order valence-electron chi connectivity index (χ4n) is 3.00. The normalized spacial score (nSPS) is 11.5. The van der Waals surface area contributed by atoms with Crippen molar-refractivity contribution in [2.45, 2.75) is 24.5 Å². The Kier molecular flexibility index (Phi) is 7.89. The topological polar surface area (TPSA) is 86.1 Å². The predicted octanol–water partition coefficient (Wildman–Crippen LogP) is 3.23. The fraction of sp³-hybridized carbons (Fsp3) is 0.333.